The Morgan fingerprint density at radius 3 is 2.33 bits per heavy atom. The Hall–Kier alpha value is -3.43. The third-order valence-corrected chi connectivity index (χ3v) is 11.0. The third kappa shape index (κ3) is 9.67. The lowest BCUT2D eigenvalue weighted by atomic mass is 10.1. The topological polar surface area (TPSA) is 97.4 Å². The van der Waals surface area contributed by atoms with Crippen LogP contribution in [-0.4, -0.2) is 43.1 Å². The molecule has 0 bridgehead atoms. The van der Waals surface area contributed by atoms with Crippen molar-refractivity contribution >= 4 is 31.7 Å². The van der Waals surface area contributed by atoms with Crippen LogP contribution in [0.5, 0.6) is 0 Å². The fourth-order valence-corrected chi connectivity index (χ4v) is 4.34. The lowest BCUT2D eigenvalue weighted by Gasteiger charge is -2.36. The summed E-state index contributed by atoms with van der Waals surface area (Å²) in [4.78, 5) is 20.7. The van der Waals surface area contributed by atoms with Gasteiger partial charge in [0.15, 0.2) is 8.32 Å². The number of benzene rings is 1. The number of aromatic nitrogens is 2. The van der Waals surface area contributed by atoms with Crippen LogP contribution in [0, 0.1) is 0 Å². The highest BCUT2D eigenvalue weighted by atomic mass is 28.4. The van der Waals surface area contributed by atoms with Gasteiger partial charge >= 0.3 is 6.09 Å². The molecule has 0 aliphatic heterocycles. The highest BCUT2D eigenvalue weighted by molar-refractivity contribution is 6.74. The monoisotopic (exact) mass is 549 g/mol. The molecule has 39 heavy (non-hydrogen) atoms. The molecule has 0 saturated heterocycles. The molecule has 2 aromatic heterocycles. The highest BCUT2D eigenvalue weighted by Crippen LogP contribution is 2.37. The molecule has 1 amide bonds. The van der Waals surface area contributed by atoms with Crippen molar-refractivity contribution in [1.29, 1.82) is 0 Å². The summed E-state index contributed by atoms with van der Waals surface area (Å²) in [5, 5.41) is 9.52. The molecular formula is C30H43N5O3Si. The Bertz CT molecular complexity index is 1230. The maximum atomic E-state index is 11.7. The predicted octanol–water partition coefficient (Wildman–Crippen LogP) is 7.35. The van der Waals surface area contributed by atoms with Crippen molar-refractivity contribution in [2.24, 2.45) is 0 Å². The molecule has 0 radical (unpaired) electrons. The van der Waals surface area contributed by atoms with E-state index in [2.05, 4.69) is 71.9 Å². The van der Waals surface area contributed by atoms with E-state index in [0.717, 1.165) is 34.0 Å². The molecule has 9 heteroatoms. The normalized spacial score (nSPS) is 12.1. The van der Waals surface area contributed by atoms with Gasteiger partial charge in [0.25, 0.3) is 0 Å². The second kappa shape index (κ2) is 12.6. The van der Waals surface area contributed by atoms with Crippen LogP contribution in [0.25, 0.3) is 11.1 Å². The molecule has 3 rings (SSSR count). The minimum atomic E-state index is -1.82. The first-order valence-electron chi connectivity index (χ1n) is 13.3. The van der Waals surface area contributed by atoms with Gasteiger partial charge in [0.05, 0.1) is 6.61 Å². The fourth-order valence-electron chi connectivity index (χ4n) is 3.38. The first-order valence-corrected chi connectivity index (χ1v) is 16.3. The summed E-state index contributed by atoms with van der Waals surface area (Å²) < 4.78 is 11.6. The van der Waals surface area contributed by atoms with Crippen molar-refractivity contribution in [3.63, 3.8) is 0 Å². The van der Waals surface area contributed by atoms with E-state index in [1.807, 2.05) is 63.4 Å². The van der Waals surface area contributed by atoms with Crippen LogP contribution < -0.4 is 16.0 Å². The van der Waals surface area contributed by atoms with Crippen LogP contribution in [0.4, 0.5) is 22.1 Å². The first kappa shape index (κ1) is 30.1. The number of pyridine rings is 2. The number of hydrogen-bond donors (Lipinski definition) is 3. The van der Waals surface area contributed by atoms with E-state index >= 15 is 0 Å². The zero-order chi connectivity index (χ0) is 28.7. The van der Waals surface area contributed by atoms with E-state index in [1.165, 1.54) is 0 Å². The summed E-state index contributed by atoms with van der Waals surface area (Å²) in [6.07, 6.45) is 3.18. The zero-order valence-electron chi connectivity index (χ0n) is 24.5. The molecule has 3 aromatic rings. The van der Waals surface area contributed by atoms with E-state index in [9.17, 15) is 4.79 Å². The number of anilines is 3. The van der Waals surface area contributed by atoms with Gasteiger partial charge in [-0.25, -0.2) is 14.8 Å². The van der Waals surface area contributed by atoms with E-state index < -0.39 is 20.0 Å². The maximum absolute atomic E-state index is 11.7. The number of alkyl carbamates (subject to hydrolysis) is 1. The summed E-state index contributed by atoms with van der Waals surface area (Å²) in [5.41, 5.74) is 3.58. The van der Waals surface area contributed by atoms with Gasteiger partial charge in [-0.15, -0.1) is 0 Å². The van der Waals surface area contributed by atoms with Gasteiger partial charge in [-0.3, -0.25) is 0 Å². The van der Waals surface area contributed by atoms with Crippen molar-refractivity contribution in [2.45, 2.75) is 71.9 Å². The van der Waals surface area contributed by atoms with Gasteiger partial charge in [-0.2, -0.15) is 0 Å². The molecule has 210 valence electrons. The Kier molecular flexibility index (Phi) is 9.74. The summed E-state index contributed by atoms with van der Waals surface area (Å²) >= 11 is 0. The summed E-state index contributed by atoms with van der Waals surface area (Å²) in [5.74, 6) is 1.49. The number of amides is 1. The highest BCUT2D eigenvalue weighted by Gasteiger charge is 2.37. The number of hydrogen-bond acceptors (Lipinski definition) is 7. The Labute approximate surface area is 234 Å². The molecule has 0 spiro atoms. The summed E-state index contributed by atoms with van der Waals surface area (Å²) in [6.45, 7) is 18.4. The molecule has 0 saturated carbocycles. The lowest BCUT2D eigenvalue weighted by molar-refractivity contribution is 0.0530. The van der Waals surface area contributed by atoms with Crippen LogP contribution in [0.2, 0.25) is 18.1 Å². The van der Waals surface area contributed by atoms with Gasteiger partial charge in [-0.1, -0.05) is 32.9 Å². The molecule has 3 N–H and O–H groups in total. The molecule has 0 aliphatic carbocycles. The number of carbonyl (C=O) groups excluding carboxylic acids is 1. The van der Waals surface area contributed by atoms with E-state index in [0.29, 0.717) is 19.7 Å². The van der Waals surface area contributed by atoms with Gasteiger partial charge in [0.2, 0.25) is 0 Å². The SMILES string of the molecule is CC(C)(C)OC(=O)NCCNc1ccc(-c2ccnc(Nc3cccc(CO[Si](C)(C)C(C)(C)C)c3)c2)cn1. The third-order valence-electron chi connectivity index (χ3n) is 6.56. The second-order valence-electron chi connectivity index (χ2n) is 12.1. The lowest BCUT2D eigenvalue weighted by Crippen LogP contribution is -2.40. The smallest absolute Gasteiger partial charge is 0.407 e. The van der Waals surface area contributed by atoms with Crippen LogP contribution in [-0.2, 0) is 15.8 Å². The maximum Gasteiger partial charge on any atom is 0.407 e. The molecule has 0 fully saturated rings. The summed E-state index contributed by atoms with van der Waals surface area (Å²) in [7, 11) is -1.82. The molecule has 1 aromatic carbocycles. The Balaban J connectivity index is 1.56. The van der Waals surface area contributed by atoms with Crippen molar-refractivity contribution in [3.05, 3.63) is 66.5 Å². The standard InChI is InChI=1S/C30H43N5O3Si/c1-29(2,3)38-28(36)33-17-16-32-26-13-12-24(20-34-26)23-14-15-31-27(19-23)35-25-11-9-10-22(18-25)21-37-39(7,8)30(4,5)6/h9-15,18-20H,16-17,21H2,1-8H3,(H,31,35)(H,32,34)(H,33,36). The van der Waals surface area contributed by atoms with E-state index in [1.54, 1.807) is 6.20 Å². The van der Waals surface area contributed by atoms with Crippen molar-refractivity contribution < 1.29 is 14.0 Å². The molecule has 0 atom stereocenters. The molecule has 8 nitrogen and oxygen atoms in total. The predicted molar refractivity (Wildman–Crippen MR) is 162 cm³/mol. The zero-order valence-corrected chi connectivity index (χ0v) is 25.5. The minimum absolute atomic E-state index is 0.176. The average Bonchev–Trinajstić information content (AvgIpc) is 2.84. The van der Waals surface area contributed by atoms with Gasteiger partial charge in [0, 0.05) is 36.7 Å². The number of carbonyl (C=O) groups is 1. The van der Waals surface area contributed by atoms with Crippen LogP contribution in [0.3, 0.4) is 0 Å². The Morgan fingerprint density at radius 1 is 0.897 bits per heavy atom. The first-order chi connectivity index (χ1) is 18.2. The Morgan fingerprint density at radius 2 is 1.67 bits per heavy atom. The van der Waals surface area contributed by atoms with Crippen LogP contribution >= 0.6 is 0 Å². The van der Waals surface area contributed by atoms with Gasteiger partial charge in [-0.05, 0) is 86.4 Å². The number of nitrogens with zero attached hydrogens (tertiary/aromatic N) is 2. The fraction of sp³-hybridized carbons (Fsp3) is 0.433. The molecule has 0 unspecified atom stereocenters. The van der Waals surface area contributed by atoms with E-state index in [-0.39, 0.29) is 5.04 Å². The summed E-state index contributed by atoms with van der Waals surface area (Å²) in [6, 6.07) is 16.2. The van der Waals surface area contributed by atoms with Crippen LogP contribution in [0.15, 0.2) is 60.9 Å². The quantitative estimate of drug-likeness (QED) is 0.180. The number of nitrogens with one attached hydrogen (secondary N) is 3. The number of ether oxygens (including phenoxy) is 1. The average molecular weight is 550 g/mol. The molecular weight excluding hydrogens is 506 g/mol. The minimum Gasteiger partial charge on any atom is -0.444 e. The molecule has 2 heterocycles. The largest absolute Gasteiger partial charge is 0.444 e. The molecule has 0 aliphatic rings. The van der Waals surface area contributed by atoms with Gasteiger partial charge < -0.3 is 25.1 Å². The van der Waals surface area contributed by atoms with Crippen molar-refractivity contribution in [1.82, 2.24) is 15.3 Å². The van der Waals surface area contributed by atoms with Gasteiger partial charge in [0.1, 0.15) is 17.2 Å². The van der Waals surface area contributed by atoms with Crippen LogP contribution in [0.1, 0.15) is 47.1 Å². The van der Waals surface area contributed by atoms with Crippen molar-refractivity contribution in [2.75, 3.05) is 23.7 Å². The second-order valence-corrected chi connectivity index (χ2v) is 16.9. The number of rotatable bonds is 10. The van der Waals surface area contributed by atoms with Crippen molar-refractivity contribution in [3.8, 4) is 11.1 Å². The van der Waals surface area contributed by atoms with E-state index in [4.69, 9.17) is 9.16 Å².